The highest BCUT2D eigenvalue weighted by Gasteiger charge is 2.06. The van der Waals surface area contributed by atoms with E-state index >= 15 is 0 Å². The maximum Gasteiger partial charge on any atom is 0.417 e. The molecule has 0 bridgehead atoms. The first-order valence-corrected chi connectivity index (χ1v) is 6.73. The molecule has 6 heteroatoms. The molecule has 2 aromatic rings. The normalized spacial score (nSPS) is 12.3. The molecule has 1 fully saturated rings. The fourth-order valence-electron chi connectivity index (χ4n) is 1.61. The maximum absolute atomic E-state index is 11.4. The Balaban J connectivity index is 0.000000246. The van der Waals surface area contributed by atoms with Crippen molar-refractivity contribution in [2.45, 2.75) is 0 Å². The second kappa shape index (κ2) is 8.31. The molecular formula is C16H16N2O4. The average molecular weight is 300 g/mol. The number of amides is 2. The Bertz CT molecular complexity index is 551. The second-order valence-corrected chi connectivity index (χ2v) is 4.26. The third kappa shape index (κ3) is 5.54. The summed E-state index contributed by atoms with van der Waals surface area (Å²) in [6.45, 7) is 1.19. The number of para-hydroxylation sites is 2. The number of nitrogens with one attached hydrogen (secondary N) is 2. The van der Waals surface area contributed by atoms with E-state index in [-0.39, 0.29) is 6.09 Å². The summed E-state index contributed by atoms with van der Waals surface area (Å²) < 4.78 is 9.47. The van der Waals surface area contributed by atoms with Crippen LogP contribution in [0.3, 0.4) is 0 Å². The van der Waals surface area contributed by atoms with E-state index < -0.39 is 6.09 Å². The fourth-order valence-corrected chi connectivity index (χ4v) is 1.61. The number of rotatable bonds is 2. The highest BCUT2D eigenvalue weighted by Crippen LogP contribution is 2.10. The molecular weight excluding hydrogens is 284 g/mol. The van der Waals surface area contributed by atoms with Crippen molar-refractivity contribution in [2.24, 2.45) is 0 Å². The lowest BCUT2D eigenvalue weighted by atomic mass is 10.3. The molecule has 0 radical (unpaired) electrons. The molecule has 114 valence electrons. The Morgan fingerprint density at radius 3 is 2.18 bits per heavy atom. The first-order chi connectivity index (χ1) is 10.7. The third-order valence-electron chi connectivity index (χ3n) is 2.58. The molecule has 0 atom stereocenters. The molecule has 0 aliphatic carbocycles. The van der Waals surface area contributed by atoms with Crippen molar-refractivity contribution in [3.8, 4) is 5.75 Å². The number of hydrogen-bond donors (Lipinski definition) is 2. The van der Waals surface area contributed by atoms with E-state index in [1.54, 1.807) is 24.3 Å². The zero-order chi connectivity index (χ0) is 15.6. The topological polar surface area (TPSA) is 76.7 Å². The summed E-state index contributed by atoms with van der Waals surface area (Å²) in [7, 11) is 0. The number of alkyl carbamates (subject to hydrolysis) is 1. The molecule has 2 aromatic carbocycles. The number of hydrogen-bond acceptors (Lipinski definition) is 4. The molecule has 1 aliphatic rings. The van der Waals surface area contributed by atoms with Crippen LogP contribution in [0.4, 0.5) is 15.3 Å². The van der Waals surface area contributed by atoms with Gasteiger partial charge in [0.05, 0.1) is 6.54 Å². The van der Waals surface area contributed by atoms with Crippen LogP contribution in [0.1, 0.15) is 0 Å². The number of cyclic esters (lactones) is 1. The molecule has 22 heavy (non-hydrogen) atoms. The summed E-state index contributed by atoms with van der Waals surface area (Å²) >= 11 is 0. The third-order valence-corrected chi connectivity index (χ3v) is 2.58. The molecule has 0 unspecified atom stereocenters. The zero-order valence-corrected chi connectivity index (χ0v) is 11.8. The first-order valence-electron chi connectivity index (χ1n) is 6.73. The molecule has 2 amide bonds. The van der Waals surface area contributed by atoms with Gasteiger partial charge in [0.1, 0.15) is 12.4 Å². The number of anilines is 1. The van der Waals surface area contributed by atoms with Gasteiger partial charge in [0, 0.05) is 5.69 Å². The second-order valence-electron chi connectivity index (χ2n) is 4.26. The molecule has 0 aromatic heterocycles. The van der Waals surface area contributed by atoms with E-state index in [1.807, 2.05) is 36.4 Å². The van der Waals surface area contributed by atoms with Gasteiger partial charge in [-0.3, -0.25) is 5.32 Å². The van der Waals surface area contributed by atoms with Gasteiger partial charge in [-0.05, 0) is 24.3 Å². The van der Waals surface area contributed by atoms with Crippen LogP contribution < -0.4 is 15.4 Å². The molecule has 3 rings (SSSR count). The quantitative estimate of drug-likeness (QED) is 0.893. The average Bonchev–Trinajstić information content (AvgIpc) is 3.01. The monoisotopic (exact) mass is 300 g/mol. The smallest absolute Gasteiger partial charge is 0.417 e. The Labute approximate surface area is 128 Å². The van der Waals surface area contributed by atoms with Gasteiger partial charge in [-0.1, -0.05) is 36.4 Å². The summed E-state index contributed by atoms with van der Waals surface area (Å²) in [4.78, 5) is 21.4. The standard InChI is InChI=1S/C13H11NO2.C3H5NO2/c15-13(14-11-7-3-1-4-8-11)16-12-9-5-2-6-10-12;5-3-4-1-2-6-3/h1-10H,(H,14,15);1-2H2,(H,4,5). The molecule has 1 aliphatic heterocycles. The van der Waals surface area contributed by atoms with Crippen molar-refractivity contribution in [3.05, 3.63) is 60.7 Å². The van der Waals surface area contributed by atoms with Gasteiger partial charge in [-0.2, -0.15) is 0 Å². The lowest BCUT2D eigenvalue weighted by Gasteiger charge is -2.05. The Hall–Kier alpha value is -3.02. The van der Waals surface area contributed by atoms with Crippen LogP contribution >= 0.6 is 0 Å². The van der Waals surface area contributed by atoms with E-state index in [2.05, 4.69) is 15.4 Å². The van der Waals surface area contributed by atoms with E-state index in [9.17, 15) is 9.59 Å². The summed E-state index contributed by atoms with van der Waals surface area (Å²) in [6.07, 6.45) is -0.785. The summed E-state index contributed by atoms with van der Waals surface area (Å²) in [5.41, 5.74) is 0.712. The van der Waals surface area contributed by atoms with Crippen molar-refractivity contribution in [3.63, 3.8) is 0 Å². The van der Waals surface area contributed by atoms with E-state index in [0.29, 0.717) is 24.6 Å². The molecule has 2 N–H and O–H groups in total. The highest BCUT2D eigenvalue weighted by atomic mass is 16.6. The van der Waals surface area contributed by atoms with E-state index in [0.717, 1.165) is 0 Å². The van der Waals surface area contributed by atoms with Gasteiger partial charge in [0.25, 0.3) is 0 Å². The minimum Gasteiger partial charge on any atom is -0.448 e. The minimum absolute atomic E-state index is 0.296. The van der Waals surface area contributed by atoms with E-state index in [1.165, 1.54) is 0 Å². The fraction of sp³-hybridized carbons (Fsp3) is 0.125. The van der Waals surface area contributed by atoms with E-state index in [4.69, 9.17) is 4.74 Å². The SMILES string of the molecule is O=C(Nc1ccccc1)Oc1ccccc1.O=C1NCCO1. The van der Waals surface area contributed by atoms with Crippen LogP contribution in [0.5, 0.6) is 5.75 Å². The Morgan fingerprint density at radius 1 is 1.05 bits per heavy atom. The first kappa shape index (κ1) is 15.4. The van der Waals surface area contributed by atoms with Crippen LogP contribution in [0, 0.1) is 0 Å². The maximum atomic E-state index is 11.4. The van der Waals surface area contributed by atoms with Gasteiger partial charge >= 0.3 is 12.2 Å². The van der Waals surface area contributed by atoms with Crippen LogP contribution in [-0.4, -0.2) is 25.3 Å². The van der Waals surface area contributed by atoms with Gasteiger partial charge in [0.15, 0.2) is 0 Å². The van der Waals surface area contributed by atoms with Gasteiger partial charge in [0.2, 0.25) is 0 Å². The molecule has 6 nitrogen and oxygen atoms in total. The lowest BCUT2D eigenvalue weighted by Crippen LogP contribution is -2.16. The van der Waals surface area contributed by atoms with Crippen molar-refractivity contribution in [1.29, 1.82) is 0 Å². The van der Waals surface area contributed by atoms with Crippen LogP contribution in [0.25, 0.3) is 0 Å². The summed E-state index contributed by atoms with van der Waals surface area (Å²) in [6, 6.07) is 18.1. The van der Waals surface area contributed by atoms with Crippen molar-refractivity contribution < 1.29 is 19.1 Å². The van der Waals surface area contributed by atoms with Crippen molar-refractivity contribution in [2.75, 3.05) is 18.5 Å². The number of ether oxygens (including phenoxy) is 2. The van der Waals surface area contributed by atoms with Gasteiger partial charge in [-0.25, -0.2) is 9.59 Å². The number of carbonyl (C=O) groups excluding carboxylic acids is 2. The molecule has 0 spiro atoms. The van der Waals surface area contributed by atoms with Crippen LogP contribution in [0.15, 0.2) is 60.7 Å². The Morgan fingerprint density at radius 2 is 1.68 bits per heavy atom. The van der Waals surface area contributed by atoms with Gasteiger partial charge in [-0.15, -0.1) is 0 Å². The lowest BCUT2D eigenvalue weighted by molar-refractivity contribution is 0.178. The summed E-state index contributed by atoms with van der Waals surface area (Å²) in [5.74, 6) is 0.524. The number of carbonyl (C=O) groups is 2. The van der Waals surface area contributed by atoms with Crippen LogP contribution in [-0.2, 0) is 4.74 Å². The molecule has 1 heterocycles. The van der Waals surface area contributed by atoms with Gasteiger partial charge < -0.3 is 14.8 Å². The van der Waals surface area contributed by atoms with Crippen LogP contribution in [0.2, 0.25) is 0 Å². The van der Waals surface area contributed by atoms with Crippen molar-refractivity contribution in [1.82, 2.24) is 5.32 Å². The minimum atomic E-state index is -0.489. The molecule has 1 saturated heterocycles. The largest absolute Gasteiger partial charge is 0.448 e. The predicted molar refractivity (Wildman–Crippen MR) is 81.9 cm³/mol. The number of benzene rings is 2. The van der Waals surface area contributed by atoms with Crippen molar-refractivity contribution >= 4 is 17.9 Å². The predicted octanol–water partition coefficient (Wildman–Crippen LogP) is 3.02. The zero-order valence-electron chi connectivity index (χ0n) is 11.8. The summed E-state index contributed by atoms with van der Waals surface area (Å²) in [5, 5.41) is 5.09. The Kier molecular flexibility index (Phi) is 5.80. The molecule has 0 saturated carbocycles. The highest BCUT2D eigenvalue weighted by molar-refractivity contribution is 5.86.